The highest BCUT2D eigenvalue weighted by Crippen LogP contribution is 2.61. The summed E-state index contributed by atoms with van der Waals surface area (Å²) in [5.41, 5.74) is 4.61. The Bertz CT molecular complexity index is 866. The SMILES string of the molecule is O=C(O)CSCc1cccc(NC(=O)C2CC23CCc2ccccc23)c1. The first-order chi connectivity index (χ1) is 12.6. The highest BCUT2D eigenvalue weighted by atomic mass is 32.2. The van der Waals surface area contributed by atoms with Gasteiger partial charge in [-0.2, -0.15) is 0 Å². The van der Waals surface area contributed by atoms with Crippen molar-refractivity contribution in [2.45, 2.75) is 30.4 Å². The first-order valence-corrected chi connectivity index (χ1v) is 10.0. The van der Waals surface area contributed by atoms with E-state index in [1.54, 1.807) is 0 Å². The molecule has 2 aliphatic rings. The molecule has 2 aromatic carbocycles. The van der Waals surface area contributed by atoms with Crippen LogP contribution in [0.1, 0.15) is 29.5 Å². The van der Waals surface area contributed by atoms with Gasteiger partial charge in [0.1, 0.15) is 0 Å². The number of thioether (sulfide) groups is 1. The summed E-state index contributed by atoms with van der Waals surface area (Å²) in [6.45, 7) is 0. The van der Waals surface area contributed by atoms with Crippen LogP contribution >= 0.6 is 11.8 Å². The van der Waals surface area contributed by atoms with Crippen molar-refractivity contribution >= 4 is 29.3 Å². The van der Waals surface area contributed by atoms with Crippen LogP contribution in [0.4, 0.5) is 5.69 Å². The molecule has 2 atom stereocenters. The highest BCUT2D eigenvalue weighted by Gasteiger charge is 2.61. The second-order valence-corrected chi connectivity index (χ2v) is 8.13. The third-order valence-corrected chi connectivity index (χ3v) is 6.46. The molecule has 0 saturated heterocycles. The lowest BCUT2D eigenvalue weighted by atomic mass is 9.95. The van der Waals surface area contributed by atoms with Crippen molar-refractivity contribution in [3.63, 3.8) is 0 Å². The molecule has 0 aromatic heterocycles. The Hall–Kier alpha value is -2.27. The van der Waals surface area contributed by atoms with Crippen LogP contribution < -0.4 is 5.32 Å². The molecule has 1 amide bonds. The molecule has 0 aliphatic heterocycles. The lowest BCUT2D eigenvalue weighted by molar-refractivity contribution is -0.133. The topological polar surface area (TPSA) is 66.4 Å². The molecular weight excluding hydrogens is 346 g/mol. The van der Waals surface area contributed by atoms with Gasteiger partial charge in [0.15, 0.2) is 0 Å². The van der Waals surface area contributed by atoms with E-state index in [9.17, 15) is 9.59 Å². The number of rotatable bonds is 6. The monoisotopic (exact) mass is 367 g/mol. The Morgan fingerprint density at radius 2 is 2.04 bits per heavy atom. The molecular formula is C21H21NO3S. The van der Waals surface area contributed by atoms with Crippen LogP contribution in [0.25, 0.3) is 0 Å². The molecule has 5 heteroatoms. The molecule has 0 heterocycles. The third-order valence-electron chi connectivity index (χ3n) is 5.47. The van der Waals surface area contributed by atoms with E-state index in [0.29, 0.717) is 5.75 Å². The summed E-state index contributed by atoms with van der Waals surface area (Å²) in [4.78, 5) is 23.4. The Morgan fingerprint density at radius 3 is 2.88 bits per heavy atom. The van der Waals surface area contributed by atoms with Gasteiger partial charge in [-0.25, -0.2) is 0 Å². The van der Waals surface area contributed by atoms with Crippen molar-refractivity contribution in [3.8, 4) is 0 Å². The molecule has 4 nitrogen and oxygen atoms in total. The minimum absolute atomic E-state index is 0.0512. The zero-order valence-corrected chi connectivity index (χ0v) is 15.2. The van der Waals surface area contributed by atoms with Gasteiger partial charge in [-0.05, 0) is 48.1 Å². The van der Waals surface area contributed by atoms with Crippen molar-refractivity contribution in [1.29, 1.82) is 0 Å². The van der Waals surface area contributed by atoms with Crippen molar-refractivity contribution in [1.82, 2.24) is 0 Å². The van der Waals surface area contributed by atoms with Crippen LogP contribution in [0, 0.1) is 5.92 Å². The molecule has 2 unspecified atom stereocenters. The zero-order chi connectivity index (χ0) is 18.1. The molecule has 1 fully saturated rings. The summed E-state index contributed by atoms with van der Waals surface area (Å²) in [6, 6.07) is 16.2. The molecule has 26 heavy (non-hydrogen) atoms. The number of amides is 1. The van der Waals surface area contributed by atoms with Crippen molar-refractivity contribution in [2.75, 3.05) is 11.1 Å². The molecule has 1 saturated carbocycles. The van der Waals surface area contributed by atoms with Crippen LogP contribution in [0.5, 0.6) is 0 Å². The number of aliphatic carboxylic acids is 1. The van der Waals surface area contributed by atoms with Gasteiger partial charge in [0, 0.05) is 22.8 Å². The predicted molar refractivity (Wildman–Crippen MR) is 103 cm³/mol. The van der Waals surface area contributed by atoms with Gasteiger partial charge in [-0.1, -0.05) is 36.4 Å². The summed E-state index contributed by atoms with van der Waals surface area (Å²) < 4.78 is 0. The maximum absolute atomic E-state index is 12.8. The van der Waals surface area contributed by atoms with Crippen LogP contribution in [-0.2, 0) is 27.2 Å². The van der Waals surface area contributed by atoms with Crippen LogP contribution in [0.15, 0.2) is 48.5 Å². The number of carbonyl (C=O) groups excluding carboxylic acids is 1. The summed E-state index contributed by atoms with van der Waals surface area (Å²) in [6.07, 6.45) is 3.07. The van der Waals surface area contributed by atoms with E-state index in [1.165, 1.54) is 22.9 Å². The number of carboxylic acid groups (broad SMARTS) is 1. The Morgan fingerprint density at radius 1 is 1.19 bits per heavy atom. The van der Waals surface area contributed by atoms with Crippen LogP contribution in [0.3, 0.4) is 0 Å². The average molecular weight is 367 g/mol. The quantitative estimate of drug-likeness (QED) is 0.814. The van der Waals surface area contributed by atoms with E-state index >= 15 is 0 Å². The van der Waals surface area contributed by atoms with Gasteiger partial charge in [-0.3, -0.25) is 9.59 Å². The molecule has 2 aliphatic carbocycles. The second kappa shape index (κ2) is 6.80. The maximum atomic E-state index is 12.8. The first kappa shape index (κ1) is 17.2. The number of anilines is 1. The van der Waals surface area contributed by atoms with Gasteiger partial charge in [0.25, 0.3) is 0 Å². The minimum Gasteiger partial charge on any atom is -0.481 e. The number of nitrogens with one attached hydrogen (secondary N) is 1. The molecule has 1 spiro atoms. The number of aryl methyl sites for hydroxylation is 1. The molecule has 2 N–H and O–H groups in total. The molecule has 2 aromatic rings. The van der Waals surface area contributed by atoms with E-state index < -0.39 is 5.97 Å². The standard InChI is InChI=1S/C21H21NO3S/c23-19(24)13-26-12-14-4-3-6-16(10-14)22-20(25)18-11-21(18)9-8-15-5-1-2-7-17(15)21/h1-7,10,18H,8-9,11-13H2,(H,22,25)(H,23,24). The fourth-order valence-corrected chi connectivity index (χ4v) is 4.86. The zero-order valence-electron chi connectivity index (χ0n) is 14.4. The largest absolute Gasteiger partial charge is 0.481 e. The molecule has 4 rings (SSSR count). The van der Waals surface area contributed by atoms with E-state index in [0.717, 1.165) is 30.5 Å². The number of benzene rings is 2. The number of hydrogen-bond donors (Lipinski definition) is 2. The molecule has 0 bridgehead atoms. The number of carbonyl (C=O) groups is 2. The minimum atomic E-state index is -0.810. The lowest BCUT2D eigenvalue weighted by Gasteiger charge is -2.12. The summed E-state index contributed by atoms with van der Waals surface area (Å²) in [7, 11) is 0. The number of carboxylic acids is 1. The summed E-state index contributed by atoms with van der Waals surface area (Å²) in [5.74, 6) is 0.0423. The maximum Gasteiger partial charge on any atom is 0.313 e. The Labute approximate surface area is 157 Å². The number of fused-ring (bicyclic) bond motifs is 2. The Kier molecular flexibility index (Phi) is 4.49. The number of hydrogen-bond acceptors (Lipinski definition) is 3. The van der Waals surface area contributed by atoms with E-state index in [1.807, 2.05) is 24.3 Å². The van der Waals surface area contributed by atoms with Crippen molar-refractivity contribution in [2.24, 2.45) is 5.92 Å². The third kappa shape index (κ3) is 3.23. The lowest BCUT2D eigenvalue weighted by Crippen LogP contribution is -2.19. The van der Waals surface area contributed by atoms with Crippen molar-refractivity contribution in [3.05, 3.63) is 65.2 Å². The molecule has 0 radical (unpaired) electrons. The first-order valence-electron chi connectivity index (χ1n) is 8.86. The fourth-order valence-electron chi connectivity index (χ4n) is 4.16. The van der Waals surface area contributed by atoms with Crippen molar-refractivity contribution < 1.29 is 14.7 Å². The normalized spacial score (nSPS) is 22.8. The highest BCUT2D eigenvalue weighted by molar-refractivity contribution is 7.99. The second-order valence-electron chi connectivity index (χ2n) is 7.15. The van der Waals surface area contributed by atoms with Gasteiger partial charge in [-0.15, -0.1) is 11.8 Å². The smallest absolute Gasteiger partial charge is 0.313 e. The van der Waals surface area contributed by atoms with Gasteiger partial charge in [0.2, 0.25) is 5.91 Å². The predicted octanol–water partition coefficient (Wildman–Crippen LogP) is 3.85. The van der Waals surface area contributed by atoms with Gasteiger partial charge < -0.3 is 10.4 Å². The summed E-state index contributed by atoms with van der Waals surface area (Å²) in [5, 5.41) is 11.8. The Balaban J connectivity index is 1.40. The fraction of sp³-hybridized carbons (Fsp3) is 0.333. The summed E-state index contributed by atoms with van der Waals surface area (Å²) >= 11 is 1.36. The van der Waals surface area contributed by atoms with Crippen LogP contribution in [0.2, 0.25) is 0 Å². The van der Waals surface area contributed by atoms with E-state index in [-0.39, 0.29) is 23.0 Å². The van der Waals surface area contributed by atoms with E-state index in [2.05, 4.69) is 29.6 Å². The molecule has 134 valence electrons. The average Bonchev–Trinajstić information content (AvgIpc) is 3.24. The van der Waals surface area contributed by atoms with Gasteiger partial charge >= 0.3 is 5.97 Å². The van der Waals surface area contributed by atoms with Gasteiger partial charge in [0.05, 0.1) is 5.75 Å². The van der Waals surface area contributed by atoms with Crippen LogP contribution in [-0.4, -0.2) is 22.7 Å². The van der Waals surface area contributed by atoms with E-state index in [4.69, 9.17) is 5.11 Å².